The van der Waals surface area contributed by atoms with E-state index in [1.807, 2.05) is 4.90 Å². The Kier molecular flexibility index (Phi) is 6.04. The standard InChI is InChI=1S/C14H19F3N4O3/c1-2-23-13(22)21-7-3-6-20(8-9-21)11-4-5-12(19-18-11)24-10-14(15,16)17/h4-5H,2-3,6-10H2,1H3. The van der Waals surface area contributed by atoms with Crippen molar-refractivity contribution in [2.24, 2.45) is 0 Å². The molecule has 0 aliphatic carbocycles. The minimum absolute atomic E-state index is 0.181. The van der Waals surface area contributed by atoms with Crippen molar-refractivity contribution in [3.8, 4) is 5.88 Å². The van der Waals surface area contributed by atoms with Crippen molar-refractivity contribution in [1.29, 1.82) is 0 Å². The van der Waals surface area contributed by atoms with E-state index in [0.29, 0.717) is 38.6 Å². The largest absolute Gasteiger partial charge is 0.467 e. The van der Waals surface area contributed by atoms with Crippen LogP contribution in [0, 0.1) is 0 Å². The van der Waals surface area contributed by atoms with E-state index >= 15 is 0 Å². The zero-order chi connectivity index (χ0) is 17.6. The molecule has 0 unspecified atom stereocenters. The molecular formula is C14H19F3N4O3. The van der Waals surface area contributed by atoms with Crippen molar-refractivity contribution in [2.45, 2.75) is 19.5 Å². The maximum absolute atomic E-state index is 12.1. The quantitative estimate of drug-likeness (QED) is 0.830. The summed E-state index contributed by atoms with van der Waals surface area (Å²) in [5.74, 6) is 0.346. The van der Waals surface area contributed by atoms with E-state index in [-0.39, 0.29) is 12.0 Å². The maximum Gasteiger partial charge on any atom is 0.422 e. The number of rotatable bonds is 4. The summed E-state index contributed by atoms with van der Waals surface area (Å²) in [5.41, 5.74) is 0. The molecule has 1 fully saturated rings. The monoisotopic (exact) mass is 348 g/mol. The predicted molar refractivity (Wildman–Crippen MR) is 79.0 cm³/mol. The fourth-order valence-electron chi connectivity index (χ4n) is 2.26. The lowest BCUT2D eigenvalue weighted by atomic mass is 10.4. The van der Waals surface area contributed by atoms with Crippen LogP contribution in [0.15, 0.2) is 12.1 Å². The highest BCUT2D eigenvalue weighted by Crippen LogP contribution is 2.19. The molecule has 1 saturated heterocycles. The number of alkyl halides is 3. The second-order valence-electron chi connectivity index (χ2n) is 5.16. The van der Waals surface area contributed by atoms with Crippen molar-refractivity contribution >= 4 is 11.9 Å². The van der Waals surface area contributed by atoms with Gasteiger partial charge in [0.1, 0.15) is 0 Å². The number of amides is 1. The van der Waals surface area contributed by atoms with Crippen LogP contribution in [0.3, 0.4) is 0 Å². The van der Waals surface area contributed by atoms with E-state index in [2.05, 4.69) is 14.9 Å². The Morgan fingerprint density at radius 1 is 1.21 bits per heavy atom. The van der Waals surface area contributed by atoms with Crippen LogP contribution < -0.4 is 9.64 Å². The van der Waals surface area contributed by atoms with Gasteiger partial charge in [-0.3, -0.25) is 0 Å². The molecule has 0 bridgehead atoms. The van der Waals surface area contributed by atoms with Crippen LogP contribution >= 0.6 is 0 Å². The molecule has 0 atom stereocenters. The first-order valence-corrected chi connectivity index (χ1v) is 7.59. The van der Waals surface area contributed by atoms with Gasteiger partial charge in [-0.15, -0.1) is 10.2 Å². The summed E-state index contributed by atoms with van der Waals surface area (Å²) in [7, 11) is 0. The van der Waals surface area contributed by atoms with E-state index in [0.717, 1.165) is 6.42 Å². The molecule has 1 amide bonds. The first-order chi connectivity index (χ1) is 11.4. The molecule has 1 aliphatic rings. The van der Waals surface area contributed by atoms with E-state index < -0.39 is 12.8 Å². The van der Waals surface area contributed by atoms with Gasteiger partial charge in [0.05, 0.1) is 6.61 Å². The summed E-state index contributed by atoms with van der Waals surface area (Å²) in [6.07, 6.45) is -4.03. The molecule has 1 aromatic rings. The van der Waals surface area contributed by atoms with Crippen molar-refractivity contribution < 1.29 is 27.4 Å². The Balaban J connectivity index is 1.91. The van der Waals surface area contributed by atoms with Crippen molar-refractivity contribution in [3.63, 3.8) is 0 Å². The van der Waals surface area contributed by atoms with Crippen molar-refractivity contribution in [2.75, 3.05) is 44.3 Å². The normalized spacial score (nSPS) is 15.8. The molecule has 0 saturated carbocycles. The third kappa shape index (κ3) is 5.43. The molecule has 0 radical (unpaired) electrons. The molecule has 10 heteroatoms. The maximum atomic E-state index is 12.1. The SMILES string of the molecule is CCOC(=O)N1CCCN(c2ccc(OCC(F)(F)F)nn2)CC1. The van der Waals surface area contributed by atoms with Gasteiger partial charge in [0.2, 0.25) is 5.88 Å². The first-order valence-electron chi connectivity index (χ1n) is 7.59. The van der Waals surface area contributed by atoms with Gasteiger partial charge in [0, 0.05) is 32.2 Å². The second-order valence-corrected chi connectivity index (χ2v) is 5.16. The summed E-state index contributed by atoms with van der Waals surface area (Å²) in [4.78, 5) is 15.3. The Morgan fingerprint density at radius 2 is 2.00 bits per heavy atom. The lowest BCUT2D eigenvalue weighted by Gasteiger charge is -2.22. The number of hydrogen-bond acceptors (Lipinski definition) is 6. The Labute approximate surface area is 137 Å². The summed E-state index contributed by atoms with van der Waals surface area (Å²) in [5, 5.41) is 7.55. The highest BCUT2D eigenvalue weighted by molar-refractivity contribution is 5.67. The number of anilines is 1. The van der Waals surface area contributed by atoms with Gasteiger partial charge in [-0.1, -0.05) is 0 Å². The van der Waals surface area contributed by atoms with Crippen LogP contribution in [0.2, 0.25) is 0 Å². The number of ether oxygens (including phenoxy) is 2. The molecule has 1 aromatic heterocycles. The minimum atomic E-state index is -4.41. The van der Waals surface area contributed by atoms with Crippen molar-refractivity contribution in [1.82, 2.24) is 15.1 Å². The molecule has 24 heavy (non-hydrogen) atoms. The number of hydrogen-bond donors (Lipinski definition) is 0. The molecule has 0 aromatic carbocycles. The van der Waals surface area contributed by atoms with E-state index in [9.17, 15) is 18.0 Å². The number of nitrogens with zero attached hydrogens (tertiary/aromatic N) is 4. The van der Waals surface area contributed by atoms with E-state index in [1.54, 1.807) is 17.9 Å². The lowest BCUT2D eigenvalue weighted by molar-refractivity contribution is -0.154. The van der Waals surface area contributed by atoms with Gasteiger partial charge < -0.3 is 19.3 Å². The predicted octanol–water partition coefficient (Wildman–Crippen LogP) is 2.09. The summed E-state index contributed by atoms with van der Waals surface area (Å²) < 4.78 is 45.8. The third-order valence-corrected chi connectivity index (χ3v) is 3.36. The highest BCUT2D eigenvalue weighted by atomic mass is 19.4. The van der Waals surface area contributed by atoms with Crippen molar-refractivity contribution in [3.05, 3.63) is 12.1 Å². The summed E-state index contributed by atoms with van der Waals surface area (Å²) >= 11 is 0. The molecule has 2 heterocycles. The Hall–Kier alpha value is -2.26. The topological polar surface area (TPSA) is 67.8 Å². The fraction of sp³-hybridized carbons (Fsp3) is 0.643. The molecular weight excluding hydrogens is 329 g/mol. The second kappa shape index (κ2) is 8.02. The van der Waals surface area contributed by atoms with Gasteiger partial charge in [0.15, 0.2) is 12.4 Å². The van der Waals surface area contributed by atoms with Crippen LogP contribution in [0.4, 0.5) is 23.8 Å². The van der Waals surface area contributed by atoms with Gasteiger partial charge in [0.25, 0.3) is 0 Å². The van der Waals surface area contributed by atoms with Crippen LogP contribution in [0.1, 0.15) is 13.3 Å². The molecule has 0 spiro atoms. The average Bonchev–Trinajstić information content (AvgIpc) is 2.79. The lowest BCUT2D eigenvalue weighted by Crippen LogP contribution is -2.35. The van der Waals surface area contributed by atoms with Crippen LogP contribution in [0.25, 0.3) is 0 Å². The fourth-order valence-corrected chi connectivity index (χ4v) is 2.26. The van der Waals surface area contributed by atoms with Crippen LogP contribution in [-0.2, 0) is 4.74 Å². The molecule has 134 valence electrons. The van der Waals surface area contributed by atoms with Gasteiger partial charge >= 0.3 is 12.3 Å². The van der Waals surface area contributed by atoms with Crippen LogP contribution in [-0.4, -0.2) is 66.8 Å². The number of carbonyl (C=O) groups excluding carboxylic acids is 1. The summed E-state index contributed by atoms with van der Waals surface area (Å²) in [6, 6.07) is 2.90. The minimum Gasteiger partial charge on any atom is -0.467 e. The zero-order valence-corrected chi connectivity index (χ0v) is 13.3. The average molecular weight is 348 g/mol. The Morgan fingerprint density at radius 3 is 2.62 bits per heavy atom. The molecule has 1 aliphatic heterocycles. The van der Waals surface area contributed by atoms with E-state index in [4.69, 9.17) is 4.74 Å². The number of aromatic nitrogens is 2. The smallest absolute Gasteiger partial charge is 0.422 e. The number of halogens is 3. The zero-order valence-electron chi connectivity index (χ0n) is 13.3. The number of carbonyl (C=O) groups is 1. The highest BCUT2D eigenvalue weighted by Gasteiger charge is 2.28. The third-order valence-electron chi connectivity index (χ3n) is 3.36. The molecule has 0 N–H and O–H groups in total. The molecule has 2 rings (SSSR count). The Bertz CT molecular complexity index is 539. The summed E-state index contributed by atoms with van der Waals surface area (Å²) in [6.45, 7) is 2.93. The van der Waals surface area contributed by atoms with Gasteiger partial charge in [-0.05, 0) is 19.4 Å². The first kappa shape index (κ1) is 18.1. The van der Waals surface area contributed by atoms with Gasteiger partial charge in [-0.25, -0.2) is 4.79 Å². The van der Waals surface area contributed by atoms with Gasteiger partial charge in [-0.2, -0.15) is 13.2 Å². The molecule has 7 nitrogen and oxygen atoms in total. The van der Waals surface area contributed by atoms with Crippen LogP contribution in [0.5, 0.6) is 5.88 Å². The van der Waals surface area contributed by atoms with E-state index in [1.165, 1.54) is 6.07 Å².